The lowest BCUT2D eigenvalue weighted by Crippen LogP contribution is -2.60. The first-order chi connectivity index (χ1) is 26.8. The summed E-state index contributed by atoms with van der Waals surface area (Å²) in [5.41, 5.74) is 0. The Labute approximate surface area is 338 Å². The van der Waals surface area contributed by atoms with Crippen LogP contribution in [-0.2, 0) is 14.3 Å². The average molecular weight is 786 g/mol. The van der Waals surface area contributed by atoms with Crippen molar-refractivity contribution in [1.29, 1.82) is 0 Å². The maximum atomic E-state index is 12.9. The van der Waals surface area contributed by atoms with Crippen molar-refractivity contribution in [2.45, 2.75) is 275 Å². The molecule has 1 saturated heterocycles. The molecule has 0 aromatic carbocycles. The number of aliphatic hydroxyl groups excluding tert-OH is 5. The Morgan fingerprint density at radius 1 is 0.545 bits per heavy atom. The first-order valence-electron chi connectivity index (χ1n) is 23.7. The Bertz CT molecular complexity index is 832. The highest BCUT2D eigenvalue weighted by Gasteiger charge is 2.44. The van der Waals surface area contributed by atoms with E-state index in [2.05, 4.69) is 19.2 Å². The summed E-state index contributed by atoms with van der Waals surface area (Å²) in [4.78, 5) is 12.9. The number of carbonyl (C=O) groups is 1. The molecule has 0 aromatic rings. The molecular weight excluding hydrogens is 695 g/mol. The molecule has 1 aliphatic rings. The summed E-state index contributed by atoms with van der Waals surface area (Å²) in [7, 11) is 0. The van der Waals surface area contributed by atoms with Gasteiger partial charge in [0, 0.05) is 6.42 Å². The topological polar surface area (TPSA) is 149 Å². The molecule has 1 heterocycles. The molecule has 9 heteroatoms. The van der Waals surface area contributed by atoms with Gasteiger partial charge in [-0.15, -0.1) is 0 Å². The van der Waals surface area contributed by atoms with Gasteiger partial charge in [0.1, 0.15) is 24.4 Å². The van der Waals surface area contributed by atoms with Crippen LogP contribution in [0.5, 0.6) is 0 Å². The molecule has 1 aliphatic heterocycles. The van der Waals surface area contributed by atoms with Gasteiger partial charge in [-0.1, -0.05) is 213 Å². The van der Waals surface area contributed by atoms with Crippen molar-refractivity contribution in [2.24, 2.45) is 0 Å². The summed E-state index contributed by atoms with van der Waals surface area (Å²) >= 11 is 0. The van der Waals surface area contributed by atoms with Gasteiger partial charge >= 0.3 is 0 Å². The van der Waals surface area contributed by atoms with Crippen molar-refractivity contribution in [2.75, 3.05) is 13.2 Å². The number of amides is 1. The molecule has 55 heavy (non-hydrogen) atoms. The highest BCUT2D eigenvalue weighted by atomic mass is 16.7. The highest BCUT2D eigenvalue weighted by molar-refractivity contribution is 5.76. The van der Waals surface area contributed by atoms with E-state index in [1.165, 1.54) is 167 Å². The Balaban J connectivity index is 2.19. The molecule has 0 bridgehead atoms. The molecule has 1 amide bonds. The molecule has 328 valence electrons. The summed E-state index contributed by atoms with van der Waals surface area (Å²) in [5.74, 6) is -0.142. The molecule has 0 aromatic heterocycles. The van der Waals surface area contributed by atoms with Crippen LogP contribution in [0.25, 0.3) is 0 Å². The second kappa shape index (κ2) is 37.5. The summed E-state index contributed by atoms with van der Waals surface area (Å²) in [6.45, 7) is 3.82. The molecular formula is C46H91NO8. The van der Waals surface area contributed by atoms with E-state index >= 15 is 0 Å². The van der Waals surface area contributed by atoms with Crippen LogP contribution in [0.1, 0.15) is 232 Å². The molecule has 1 fully saturated rings. The van der Waals surface area contributed by atoms with Gasteiger partial charge in [-0.05, 0) is 12.8 Å². The lowest BCUT2D eigenvalue weighted by atomic mass is 9.99. The third-order valence-corrected chi connectivity index (χ3v) is 11.7. The smallest absolute Gasteiger partial charge is 0.220 e. The summed E-state index contributed by atoms with van der Waals surface area (Å²) in [6, 6.07) is -0.710. The van der Waals surface area contributed by atoms with Gasteiger partial charge in [0.15, 0.2) is 6.29 Å². The van der Waals surface area contributed by atoms with E-state index in [4.69, 9.17) is 9.47 Å². The van der Waals surface area contributed by atoms with Crippen LogP contribution in [-0.4, -0.2) is 87.5 Å². The van der Waals surface area contributed by atoms with Crippen molar-refractivity contribution < 1.29 is 39.8 Å². The third kappa shape index (κ3) is 28.3. The molecule has 0 radical (unpaired) electrons. The minimum Gasteiger partial charge on any atom is -0.394 e. The van der Waals surface area contributed by atoms with Crippen molar-refractivity contribution in [3.05, 3.63) is 0 Å². The number of carbonyl (C=O) groups excluding carboxylic acids is 1. The van der Waals surface area contributed by atoms with Crippen LogP contribution in [0, 0.1) is 0 Å². The van der Waals surface area contributed by atoms with E-state index in [-0.39, 0.29) is 12.5 Å². The normalized spacial score (nSPS) is 21.2. The molecule has 7 unspecified atom stereocenters. The molecule has 1 rings (SSSR count). The zero-order valence-electron chi connectivity index (χ0n) is 36.0. The Morgan fingerprint density at radius 3 is 1.29 bits per heavy atom. The predicted octanol–water partition coefficient (Wildman–Crippen LogP) is 9.95. The molecule has 9 nitrogen and oxygen atoms in total. The first-order valence-corrected chi connectivity index (χ1v) is 23.7. The monoisotopic (exact) mass is 786 g/mol. The molecule has 0 aliphatic carbocycles. The number of hydrogen-bond donors (Lipinski definition) is 6. The van der Waals surface area contributed by atoms with Gasteiger partial charge in [-0.25, -0.2) is 0 Å². The van der Waals surface area contributed by atoms with Crippen molar-refractivity contribution in [1.82, 2.24) is 5.32 Å². The van der Waals surface area contributed by atoms with Crippen LogP contribution >= 0.6 is 0 Å². The van der Waals surface area contributed by atoms with E-state index < -0.39 is 49.5 Å². The Morgan fingerprint density at radius 2 is 0.909 bits per heavy atom. The van der Waals surface area contributed by atoms with Crippen molar-refractivity contribution >= 4 is 5.91 Å². The zero-order chi connectivity index (χ0) is 40.2. The van der Waals surface area contributed by atoms with Gasteiger partial charge in [0.2, 0.25) is 5.91 Å². The predicted molar refractivity (Wildman–Crippen MR) is 226 cm³/mol. The van der Waals surface area contributed by atoms with Crippen LogP contribution in [0.4, 0.5) is 0 Å². The number of ether oxygens (including phenoxy) is 2. The average Bonchev–Trinajstić information content (AvgIpc) is 3.18. The quantitative estimate of drug-likeness (QED) is 0.0337. The molecule has 7 atom stereocenters. The summed E-state index contributed by atoms with van der Waals surface area (Å²) < 4.78 is 11.2. The van der Waals surface area contributed by atoms with Crippen molar-refractivity contribution in [3.63, 3.8) is 0 Å². The Kier molecular flexibility index (Phi) is 35.6. The van der Waals surface area contributed by atoms with E-state index in [1.54, 1.807) is 0 Å². The SMILES string of the molecule is CCCCCCCCCCCCCCCCCCCCCCCCCC(=O)NC(COC1OC(CO)C(O)C(O)C1O)C(O)CCCCCCCCCCC. The fraction of sp³-hybridized carbons (Fsp3) is 0.978. The largest absolute Gasteiger partial charge is 0.394 e. The highest BCUT2D eigenvalue weighted by Crippen LogP contribution is 2.23. The number of aliphatic hydroxyl groups is 5. The van der Waals surface area contributed by atoms with Gasteiger partial charge in [0.25, 0.3) is 0 Å². The molecule has 6 N–H and O–H groups in total. The van der Waals surface area contributed by atoms with Gasteiger partial charge in [-0.3, -0.25) is 4.79 Å². The summed E-state index contributed by atoms with van der Waals surface area (Å²) in [6.07, 6.45) is 34.2. The van der Waals surface area contributed by atoms with E-state index in [0.29, 0.717) is 12.8 Å². The second-order valence-corrected chi connectivity index (χ2v) is 16.9. The van der Waals surface area contributed by atoms with Gasteiger partial charge < -0.3 is 40.3 Å². The van der Waals surface area contributed by atoms with Gasteiger partial charge in [-0.2, -0.15) is 0 Å². The minimum absolute atomic E-state index is 0.133. The van der Waals surface area contributed by atoms with Crippen LogP contribution < -0.4 is 5.32 Å². The maximum absolute atomic E-state index is 12.9. The van der Waals surface area contributed by atoms with E-state index in [0.717, 1.165) is 38.5 Å². The number of rotatable bonds is 40. The van der Waals surface area contributed by atoms with E-state index in [9.17, 15) is 30.3 Å². The van der Waals surface area contributed by atoms with E-state index in [1.807, 2.05) is 0 Å². The number of nitrogens with one attached hydrogen (secondary N) is 1. The van der Waals surface area contributed by atoms with Crippen LogP contribution in [0.3, 0.4) is 0 Å². The minimum atomic E-state index is -1.55. The van der Waals surface area contributed by atoms with Crippen LogP contribution in [0.15, 0.2) is 0 Å². The number of hydrogen-bond acceptors (Lipinski definition) is 8. The first kappa shape index (κ1) is 52.2. The molecule has 0 spiro atoms. The standard InChI is InChI=1S/C46H91NO8/c1-3-5-7-9-11-13-14-15-16-17-18-19-20-21-22-23-24-25-26-28-30-32-34-36-42(50)47-39(40(49)35-33-31-29-27-12-10-8-6-4-2)38-54-46-45(53)44(52)43(51)41(37-48)55-46/h39-41,43-46,48-49,51-53H,3-38H2,1-2H3,(H,47,50). The van der Waals surface area contributed by atoms with Crippen LogP contribution in [0.2, 0.25) is 0 Å². The third-order valence-electron chi connectivity index (χ3n) is 11.7. The summed E-state index contributed by atoms with van der Waals surface area (Å²) in [5, 5.41) is 54.2. The second-order valence-electron chi connectivity index (χ2n) is 16.9. The fourth-order valence-corrected chi connectivity index (χ4v) is 7.87. The van der Waals surface area contributed by atoms with Crippen molar-refractivity contribution in [3.8, 4) is 0 Å². The molecule has 0 saturated carbocycles. The fourth-order valence-electron chi connectivity index (χ4n) is 7.87. The lowest BCUT2D eigenvalue weighted by molar-refractivity contribution is -0.302. The Hall–Kier alpha value is -0.810. The van der Waals surface area contributed by atoms with Gasteiger partial charge in [0.05, 0.1) is 25.4 Å². The number of unbranched alkanes of at least 4 members (excludes halogenated alkanes) is 30. The lowest BCUT2D eigenvalue weighted by Gasteiger charge is -2.40. The maximum Gasteiger partial charge on any atom is 0.220 e. The zero-order valence-corrected chi connectivity index (χ0v) is 36.0.